The summed E-state index contributed by atoms with van der Waals surface area (Å²) in [5.41, 5.74) is 3.17. The van der Waals surface area contributed by atoms with Crippen LogP contribution in [0.1, 0.15) is 25.3 Å². The summed E-state index contributed by atoms with van der Waals surface area (Å²) in [6.07, 6.45) is 4.47. The third-order valence-electron chi connectivity index (χ3n) is 3.94. The highest BCUT2D eigenvalue weighted by Crippen LogP contribution is 2.33. The number of ether oxygens (including phenoxy) is 1. The first-order valence-electron chi connectivity index (χ1n) is 9.19. The molecule has 0 aliphatic carbocycles. The molecule has 0 bridgehead atoms. The zero-order chi connectivity index (χ0) is 22.1. The van der Waals surface area contributed by atoms with Crippen LogP contribution in [0.25, 0.3) is 0 Å². The zero-order valence-corrected chi connectivity index (χ0v) is 19.0. The Morgan fingerprint density at radius 2 is 1.90 bits per heavy atom. The highest BCUT2D eigenvalue weighted by Gasteiger charge is 2.23. The van der Waals surface area contributed by atoms with Gasteiger partial charge in [-0.05, 0) is 48.4 Å². The fraction of sp³-hybridized carbons (Fsp3) is 0.300. The molecule has 0 aliphatic rings. The number of anilines is 1. The van der Waals surface area contributed by atoms with Crippen LogP contribution in [0.5, 0.6) is 5.75 Å². The molecule has 0 saturated carbocycles. The van der Waals surface area contributed by atoms with Gasteiger partial charge in [0.2, 0.25) is 10.0 Å². The smallest absolute Gasteiger partial charge is 0.260 e. The molecule has 0 atom stereocenters. The molecule has 0 unspecified atom stereocenters. The predicted molar refractivity (Wildman–Crippen MR) is 121 cm³/mol. The Balaban J connectivity index is 2.00. The summed E-state index contributed by atoms with van der Waals surface area (Å²) in [6, 6.07) is 11.8. The van der Waals surface area contributed by atoms with Crippen LogP contribution in [0, 0.1) is 0 Å². The van der Waals surface area contributed by atoms with Crippen LogP contribution in [0.4, 0.5) is 5.69 Å². The van der Waals surface area contributed by atoms with Gasteiger partial charge >= 0.3 is 0 Å². The molecule has 2 rings (SSSR count). The Labute approximate surface area is 186 Å². The molecular formula is C20H23Cl2N3O4S. The minimum Gasteiger partial charge on any atom is -0.494 e. The van der Waals surface area contributed by atoms with Crippen molar-refractivity contribution in [1.29, 1.82) is 0 Å². The molecule has 0 saturated heterocycles. The van der Waals surface area contributed by atoms with E-state index < -0.39 is 22.5 Å². The van der Waals surface area contributed by atoms with Gasteiger partial charge in [-0.25, -0.2) is 13.8 Å². The number of hydrogen-bond acceptors (Lipinski definition) is 5. The minimum absolute atomic E-state index is 0.0436. The van der Waals surface area contributed by atoms with E-state index >= 15 is 0 Å². The molecule has 30 heavy (non-hydrogen) atoms. The second-order valence-electron chi connectivity index (χ2n) is 6.41. The Morgan fingerprint density at radius 1 is 1.20 bits per heavy atom. The zero-order valence-electron chi connectivity index (χ0n) is 16.6. The number of hydrogen-bond donors (Lipinski definition) is 1. The monoisotopic (exact) mass is 471 g/mol. The summed E-state index contributed by atoms with van der Waals surface area (Å²) in [5.74, 6) is 0.124. The van der Waals surface area contributed by atoms with Crippen LogP contribution < -0.4 is 14.5 Å². The fourth-order valence-electron chi connectivity index (χ4n) is 2.40. The van der Waals surface area contributed by atoms with E-state index in [2.05, 4.69) is 17.5 Å². The molecule has 0 aliphatic heterocycles. The molecule has 0 radical (unpaired) electrons. The average Bonchev–Trinajstić information content (AvgIpc) is 2.69. The number of amides is 1. The van der Waals surface area contributed by atoms with Crippen LogP contribution in [-0.4, -0.2) is 39.9 Å². The molecule has 2 aromatic rings. The lowest BCUT2D eigenvalue weighted by molar-refractivity contribution is -0.119. The molecular weight excluding hydrogens is 449 g/mol. The molecule has 0 aromatic heterocycles. The normalized spacial score (nSPS) is 11.5. The summed E-state index contributed by atoms with van der Waals surface area (Å²) in [4.78, 5) is 12.2. The van der Waals surface area contributed by atoms with Crippen molar-refractivity contribution < 1.29 is 17.9 Å². The largest absolute Gasteiger partial charge is 0.494 e. The fourth-order valence-corrected chi connectivity index (χ4v) is 3.70. The highest BCUT2D eigenvalue weighted by molar-refractivity contribution is 7.92. The Hall–Kier alpha value is -2.29. The maximum Gasteiger partial charge on any atom is 0.260 e. The number of hydrazone groups is 1. The summed E-state index contributed by atoms with van der Waals surface area (Å²) in [7, 11) is -3.78. The summed E-state index contributed by atoms with van der Waals surface area (Å²) >= 11 is 12.1. The third-order valence-corrected chi connectivity index (χ3v) is 5.87. The van der Waals surface area contributed by atoms with Gasteiger partial charge in [0.15, 0.2) is 0 Å². The van der Waals surface area contributed by atoms with Crippen LogP contribution in [0.2, 0.25) is 10.0 Å². The minimum atomic E-state index is -3.78. The molecule has 162 valence electrons. The first-order valence-corrected chi connectivity index (χ1v) is 11.8. The standard InChI is InChI=1S/C20H23Cl2N3O4S/c1-3-4-12-29-16-10-8-15(9-11-16)13-23-24-19(26)14-25(30(2,27)28)18-7-5-6-17(21)20(18)22/h5-11,13H,3-4,12,14H2,1-2H3,(H,24,26)/b23-13-. The second-order valence-corrected chi connectivity index (χ2v) is 9.10. The van der Waals surface area contributed by atoms with Crippen molar-refractivity contribution in [2.24, 2.45) is 5.10 Å². The number of nitrogens with zero attached hydrogens (tertiary/aromatic N) is 2. The Bertz CT molecular complexity index is 996. The third kappa shape index (κ3) is 7.19. The van der Waals surface area contributed by atoms with E-state index in [0.717, 1.165) is 34.7 Å². The quantitative estimate of drug-likeness (QED) is 0.321. The van der Waals surface area contributed by atoms with Gasteiger partial charge in [-0.15, -0.1) is 0 Å². The topological polar surface area (TPSA) is 88.1 Å². The SMILES string of the molecule is CCCCOc1ccc(/C=N\NC(=O)CN(c2cccc(Cl)c2Cl)S(C)(=O)=O)cc1. The lowest BCUT2D eigenvalue weighted by Gasteiger charge is -2.22. The number of sulfonamides is 1. The number of unbranched alkanes of at least 4 members (excludes halogenated alkanes) is 1. The summed E-state index contributed by atoms with van der Waals surface area (Å²) < 4.78 is 30.7. The number of carbonyl (C=O) groups is 1. The van der Waals surface area contributed by atoms with Gasteiger partial charge in [0.25, 0.3) is 5.91 Å². The average molecular weight is 472 g/mol. The van der Waals surface area contributed by atoms with E-state index in [1.807, 2.05) is 12.1 Å². The van der Waals surface area contributed by atoms with E-state index in [9.17, 15) is 13.2 Å². The van der Waals surface area contributed by atoms with Gasteiger partial charge in [0.05, 0.1) is 34.8 Å². The molecule has 7 nitrogen and oxygen atoms in total. The van der Waals surface area contributed by atoms with Gasteiger partial charge in [0.1, 0.15) is 12.3 Å². The van der Waals surface area contributed by atoms with Crippen LogP contribution in [0.3, 0.4) is 0 Å². The van der Waals surface area contributed by atoms with Crippen LogP contribution >= 0.6 is 23.2 Å². The lowest BCUT2D eigenvalue weighted by Crippen LogP contribution is -2.39. The van der Waals surface area contributed by atoms with Crippen LogP contribution in [-0.2, 0) is 14.8 Å². The summed E-state index contributed by atoms with van der Waals surface area (Å²) in [6.45, 7) is 2.25. The van der Waals surface area contributed by atoms with E-state index in [4.69, 9.17) is 27.9 Å². The first kappa shape index (κ1) is 24.0. The van der Waals surface area contributed by atoms with Crippen molar-refractivity contribution in [3.8, 4) is 5.75 Å². The summed E-state index contributed by atoms with van der Waals surface area (Å²) in [5, 5.41) is 4.10. The van der Waals surface area contributed by atoms with Gasteiger partial charge in [0, 0.05) is 0 Å². The molecule has 0 spiro atoms. The Morgan fingerprint density at radius 3 is 2.53 bits per heavy atom. The number of rotatable bonds is 10. The molecule has 1 amide bonds. The number of nitrogens with one attached hydrogen (secondary N) is 1. The number of benzene rings is 2. The Kier molecular flexibility index (Phi) is 8.95. The molecule has 10 heteroatoms. The van der Waals surface area contributed by atoms with Gasteiger partial charge in [-0.1, -0.05) is 42.6 Å². The van der Waals surface area contributed by atoms with Gasteiger partial charge in [-0.2, -0.15) is 5.10 Å². The van der Waals surface area contributed by atoms with Crippen molar-refractivity contribution in [2.75, 3.05) is 23.7 Å². The molecule has 2 aromatic carbocycles. The van der Waals surface area contributed by atoms with Crippen molar-refractivity contribution in [3.05, 3.63) is 58.1 Å². The van der Waals surface area contributed by atoms with Gasteiger partial charge in [-0.3, -0.25) is 9.10 Å². The predicted octanol–water partition coefficient (Wildman–Crippen LogP) is 4.09. The maximum absolute atomic E-state index is 12.2. The molecule has 0 heterocycles. The molecule has 1 N–H and O–H groups in total. The number of halogens is 2. The molecule has 0 fully saturated rings. The van der Waals surface area contributed by atoms with E-state index in [1.165, 1.54) is 18.3 Å². The van der Waals surface area contributed by atoms with Crippen molar-refractivity contribution in [3.63, 3.8) is 0 Å². The van der Waals surface area contributed by atoms with Crippen molar-refractivity contribution >= 4 is 51.0 Å². The highest BCUT2D eigenvalue weighted by atomic mass is 35.5. The lowest BCUT2D eigenvalue weighted by atomic mass is 10.2. The van der Waals surface area contributed by atoms with E-state index in [-0.39, 0.29) is 15.7 Å². The van der Waals surface area contributed by atoms with Gasteiger partial charge < -0.3 is 4.74 Å². The van der Waals surface area contributed by atoms with E-state index in [0.29, 0.717) is 6.61 Å². The maximum atomic E-state index is 12.2. The number of carbonyl (C=O) groups excluding carboxylic acids is 1. The second kappa shape index (κ2) is 11.2. The first-order chi connectivity index (χ1) is 14.2. The van der Waals surface area contributed by atoms with Crippen molar-refractivity contribution in [1.82, 2.24) is 5.43 Å². The van der Waals surface area contributed by atoms with Crippen molar-refractivity contribution in [2.45, 2.75) is 19.8 Å². The van der Waals surface area contributed by atoms with E-state index in [1.54, 1.807) is 18.2 Å². The van der Waals surface area contributed by atoms with Crippen LogP contribution in [0.15, 0.2) is 47.6 Å².